The van der Waals surface area contributed by atoms with Gasteiger partial charge in [0.2, 0.25) is 5.91 Å². The van der Waals surface area contributed by atoms with Crippen molar-refractivity contribution in [1.29, 1.82) is 0 Å². The Morgan fingerprint density at radius 3 is 2.53 bits per heavy atom. The van der Waals surface area contributed by atoms with E-state index >= 15 is 0 Å². The van der Waals surface area contributed by atoms with Crippen molar-refractivity contribution in [2.45, 2.75) is 27.3 Å². The average molecular weight is 206 g/mol. The maximum absolute atomic E-state index is 10.6. The molecule has 0 atom stereocenters. The van der Waals surface area contributed by atoms with Crippen LogP contribution in [-0.2, 0) is 11.3 Å². The van der Waals surface area contributed by atoms with Crippen molar-refractivity contribution < 1.29 is 4.79 Å². The zero-order valence-electron chi connectivity index (χ0n) is 9.55. The molecule has 0 fully saturated rings. The second kappa shape index (κ2) is 4.94. The Bertz CT molecular complexity index is 372. The first-order valence-electron chi connectivity index (χ1n) is 5.07. The van der Waals surface area contributed by atoms with Gasteiger partial charge in [0, 0.05) is 6.54 Å². The Labute approximate surface area is 90.7 Å². The van der Waals surface area contributed by atoms with Crippen molar-refractivity contribution in [2.24, 2.45) is 5.73 Å². The minimum absolute atomic E-state index is 0.229. The lowest BCUT2D eigenvalue weighted by molar-refractivity contribution is -0.117. The van der Waals surface area contributed by atoms with Gasteiger partial charge in [-0.15, -0.1) is 0 Å². The van der Waals surface area contributed by atoms with Gasteiger partial charge < -0.3 is 11.1 Å². The quantitative estimate of drug-likeness (QED) is 0.777. The molecule has 0 radical (unpaired) electrons. The average Bonchev–Trinajstić information content (AvgIpc) is 2.18. The van der Waals surface area contributed by atoms with E-state index in [2.05, 4.69) is 38.2 Å². The Kier molecular flexibility index (Phi) is 3.86. The smallest absolute Gasteiger partial charge is 0.231 e. The lowest BCUT2D eigenvalue weighted by Gasteiger charge is -2.11. The molecule has 3 N–H and O–H groups in total. The summed E-state index contributed by atoms with van der Waals surface area (Å²) >= 11 is 0. The van der Waals surface area contributed by atoms with Crippen LogP contribution < -0.4 is 11.1 Å². The van der Waals surface area contributed by atoms with E-state index in [1.807, 2.05) is 0 Å². The Morgan fingerprint density at radius 2 is 1.93 bits per heavy atom. The number of carbonyl (C=O) groups is 1. The van der Waals surface area contributed by atoms with Gasteiger partial charge in [0.05, 0.1) is 6.54 Å². The molecule has 0 heterocycles. The molecule has 3 heteroatoms. The Morgan fingerprint density at radius 1 is 1.27 bits per heavy atom. The van der Waals surface area contributed by atoms with Crippen molar-refractivity contribution in [3.05, 3.63) is 34.4 Å². The minimum Gasteiger partial charge on any atom is -0.369 e. The molecule has 1 amide bonds. The van der Waals surface area contributed by atoms with E-state index in [-0.39, 0.29) is 12.5 Å². The third-order valence-electron chi connectivity index (χ3n) is 2.78. The molecule has 0 saturated carbocycles. The Hall–Kier alpha value is -1.35. The van der Waals surface area contributed by atoms with Gasteiger partial charge in [-0.2, -0.15) is 0 Å². The summed E-state index contributed by atoms with van der Waals surface area (Å²) in [5, 5.41) is 3.01. The molecule has 15 heavy (non-hydrogen) atoms. The number of hydrogen-bond donors (Lipinski definition) is 2. The van der Waals surface area contributed by atoms with Crippen LogP contribution in [0.1, 0.15) is 22.3 Å². The van der Waals surface area contributed by atoms with Gasteiger partial charge in [-0.3, -0.25) is 4.79 Å². The molecule has 82 valence electrons. The van der Waals surface area contributed by atoms with E-state index in [0.29, 0.717) is 6.54 Å². The molecule has 0 spiro atoms. The lowest BCUT2D eigenvalue weighted by Crippen LogP contribution is -2.28. The first-order valence-corrected chi connectivity index (χ1v) is 5.07. The van der Waals surface area contributed by atoms with Gasteiger partial charge >= 0.3 is 0 Å². The van der Waals surface area contributed by atoms with Crippen LogP contribution in [0.15, 0.2) is 12.1 Å². The number of hydrogen-bond acceptors (Lipinski definition) is 2. The second-order valence-electron chi connectivity index (χ2n) is 3.86. The summed E-state index contributed by atoms with van der Waals surface area (Å²) in [6, 6.07) is 4.19. The summed E-state index contributed by atoms with van der Waals surface area (Å²) in [4.78, 5) is 10.6. The van der Waals surface area contributed by atoms with E-state index < -0.39 is 0 Å². The first-order chi connectivity index (χ1) is 7.02. The van der Waals surface area contributed by atoms with Gasteiger partial charge in [0.25, 0.3) is 0 Å². The number of benzene rings is 1. The lowest BCUT2D eigenvalue weighted by atomic mass is 9.99. The van der Waals surface area contributed by atoms with Crippen molar-refractivity contribution in [1.82, 2.24) is 5.32 Å². The molecule has 0 aliphatic heterocycles. The molecular weight excluding hydrogens is 188 g/mol. The molecular formula is C12H18N2O. The number of primary amides is 1. The highest BCUT2D eigenvalue weighted by molar-refractivity contribution is 5.75. The molecule has 3 nitrogen and oxygen atoms in total. The van der Waals surface area contributed by atoms with Gasteiger partial charge in [-0.1, -0.05) is 12.1 Å². The van der Waals surface area contributed by atoms with Crippen LogP contribution in [0.5, 0.6) is 0 Å². The second-order valence-corrected chi connectivity index (χ2v) is 3.86. The van der Waals surface area contributed by atoms with Gasteiger partial charge in [-0.05, 0) is 43.0 Å². The molecule has 0 bridgehead atoms. The molecule has 0 aliphatic carbocycles. The highest BCUT2D eigenvalue weighted by Gasteiger charge is 2.03. The van der Waals surface area contributed by atoms with Crippen molar-refractivity contribution in [3.8, 4) is 0 Å². The van der Waals surface area contributed by atoms with Crippen LogP contribution in [-0.4, -0.2) is 12.5 Å². The maximum Gasteiger partial charge on any atom is 0.231 e. The molecule has 1 aromatic carbocycles. The van der Waals surface area contributed by atoms with Crippen LogP contribution >= 0.6 is 0 Å². The van der Waals surface area contributed by atoms with Crippen LogP contribution in [0.4, 0.5) is 0 Å². The molecule has 1 aromatic rings. The van der Waals surface area contributed by atoms with Gasteiger partial charge in [-0.25, -0.2) is 0 Å². The number of nitrogens with one attached hydrogen (secondary N) is 1. The van der Waals surface area contributed by atoms with Crippen LogP contribution in [0.25, 0.3) is 0 Å². The third kappa shape index (κ3) is 3.06. The summed E-state index contributed by atoms with van der Waals surface area (Å²) in [7, 11) is 0. The third-order valence-corrected chi connectivity index (χ3v) is 2.78. The fraction of sp³-hybridized carbons (Fsp3) is 0.417. The summed E-state index contributed by atoms with van der Waals surface area (Å²) in [5.74, 6) is -0.323. The highest BCUT2D eigenvalue weighted by atomic mass is 16.1. The highest BCUT2D eigenvalue weighted by Crippen LogP contribution is 2.16. The molecule has 0 saturated heterocycles. The number of carbonyl (C=O) groups excluding carboxylic acids is 1. The zero-order valence-corrected chi connectivity index (χ0v) is 9.55. The predicted octanol–water partition coefficient (Wildman–Crippen LogP) is 1.19. The molecule has 0 aliphatic rings. The zero-order chi connectivity index (χ0) is 11.4. The van der Waals surface area contributed by atoms with Crippen LogP contribution in [0, 0.1) is 20.8 Å². The van der Waals surface area contributed by atoms with E-state index in [1.165, 1.54) is 22.3 Å². The topological polar surface area (TPSA) is 55.1 Å². The SMILES string of the molecule is Cc1ccc(CNCC(N)=O)c(C)c1C. The molecule has 0 aromatic heterocycles. The summed E-state index contributed by atoms with van der Waals surface area (Å²) in [6.45, 7) is 7.23. The number of aryl methyl sites for hydroxylation is 1. The standard InChI is InChI=1S/C12H18N2O/c1-8-4-5-11(10(3)9(8)2)6-14-7-12(13)15/h4-5,14H,6-7H2,1-3H3,(H2,13,15). The summed E-state index contributed by atoms with van der Waals surface area (Å²) < 4.78 is 0. The van der Waals surface area contributed by atoms with Crippen molar-refractivity contribution >= 4 is 5.91 Å². The normalized spacial score (nSPS) is 10.3. The molecule has 1 rings (SSSR count). The Balaban J connectivity index is 2.70. The number of amides is 1. The molecule has 0 unspecified atom stereocenters. The monoisotopic (exact) mass is 206 g/mol. The van der Waals surface area contributed by atoms with E-state index in [9.17, 15) is 4.79 Å². The largest absolute Gasteiger partial charge is 0.369 e. The van der Waals surface area contributed by atoms with Crippen molar-refractivity contribution in [3.63, 3.8) is 0 Å². The fourth-order valence-corrected chi connectivity index (χ4v) is 1.52. The number of nitrogens with two attached hydrogens (primary N) is 1. The van der Waals surface area contributed by atoms with Crippen LogP contribution in [0.2, 0.25) is 0 Å². The van der Waals surface area contributed by atoms with Crippen LogP contribution in [0.3, 0.4) is 0 Å². The maximum atomic E-state index is 10.6. The summed E-state index contributed by atoms with van der Waals surface area (Å²) in [6.07, 6.45) is 0. The minimum atomic E-state index is -0.323. The van der Waals surface area contributed by atoms with Crippen molar-refractivity contribution in [2.75, 3.05) is 6.54 Å². The fourth-order valence-electron chi connectivity index (χ4n) is 1.52. The predicted molar refractivity (Wildman–Crippen MR) is 61.6 cm³/mol. The van der Waals surface area contributed by atoms with Gasteiger partial charge in [0.1, 0.15) is 0 Å². The van der Waals surface area contributed by atoms with E-state index in [4.69, 9.17) is 5.73 Å². The van der Waals surface area contributed by atoms with E-state index in [1.54, 1.807) is 0 Å². The van der Waals surface area contributed by atoms with Gasteiger partial charge in [0.15, 0.2) is 0 Å². The van der Waals surface area contributed by atoms with E-state index in [0.717, 1.165) is 0 Å². The number of rotatable bonds is 4. The summed E-state index contributed by atoms with van der Waals surface area (Å²) in [5.41, 5.74) is 10.2. The first kappa shape index (κ1) is 11.7.